The van der Waals surface area contributed by atoms with Crippen LogP contribution in [-0.4, -0.2) is 39.4 Å². The lowest BCUT2D eigenvalue weighted by atomic mass is 9.45. The lowest BCUT2D eigenvalue weighted by molar-refractivity contribution is -0.192. The van der Waals surface area contributed by atoms with Crippen molar-refractivity contribution in [3.05, 3.63) is 36.5 Å². The number of alkyl halides is 1. The first-order chi connectivity index (χ1) is 13.1. The molecule has 0 amide bonds. The number of hydrogen-bond donors (Lipinski definition) is 1. The highest BCUT2D eigenvalue weighted by Gasteiger charge is 2.74. The van der Waals surface area contributed by atoms with Gasteiger partial charge < -0.3 is 5.11 Å². The summed E-state index contributed by atoms with van der Waals surface area (Å²) in [6.07, 6.45) is 9.49. The fourth-order valence-corrected chi connectivity index (χ4v) is 8.36. The zero-order valence-electron chi connectivity index (χ0n) is 16.8. The van der Waals surface area contributed by atoms with E-state index in [9.17, 15) is 14.7 Å². The van der Waals surface area contributed by atoms with Crippen LogP contribution in [0.5, 0.6) is 0 Å². The Balaban J connectivity index is 1.85. The zero-order chi connectivity index (χ0) is 20.5. The van der Waals surface area contributed by atoms with E-state index in [2.05, 4.69) is 13.5 Å². The molecule has 0 bridgehead atoms. The van der Waals surface area contributed by atoms with Gasteiger partial charge in [-0.15, -0.1) is 18.3 Å². The fourth-order valence-electron chi connectivity index (χ4n) is 7.07. The summed E-state index contributed by atoms with van der Waals surface area (Å²) in [5, 5.41) is 11.3. The number of aliphatic hydroxyl groups is 1. The molecule has 1 N–H and O–H groups in total. The van der Waals surface area contributed by atoms with Gasteiger partial charge in [0.25, 0.3) is 0 Å². The molecule has 152 valence electrons. The molecule has 3 nitrogen and oxygen atoms in total. The summed E-state index contributed by atoms with van der Waals surface area (Å²) in [7, 11) is 0. The lowest BCUT2D eigenvalue weighted by Crippen LogP contribution is -2.68. The molecular formula is C23H29FO3S. The van der Waals surface area contributed by atoms with Crippen LogP contribution in [0.1, 0.15) is 46.0 Å². The highest BCUT2D eigenvalue weighted by molar-refractivity contribution is 8.00. The van der Waals surface area contributed by atoms with Gasteiger partial charge in [0.05, 0.1) is 10.9 Å². The number of hydrogen-bond acceptors (Lipinski definition) is 4. The van der Waals surface area contributed by atoms with E-state index in [1.54, 1.807) is 18.2 Å². The Morgan fingerprint density at radius 3 is 2.71 bits per heavy atom. The van der Waals surface area contributed by atoms with E-state index in [0.717, 1.165) is 5.57 Å². The molecule has 7 atom stereocenters. The molecule has 0 saturated heterocycles. The smallest absolute Gasteiger partial charge is 0.178 e. The first-order valence-electron chi connectivity index (χ1n) is 10.1. The summed E-state index contributed by atoms with van der Waals surface area (Å²) < 4.78 is 16.3. The Bertz CT molecular complexity index is 819. The second-order valence-electron chi connectivity index (χ2n) is 9.42. The molecule has 0 aromatic heterocycles. The summed E-state index contributed by atoms with van der Waals surface area (Å²) in [5.74, 6) is -0.493. The minimum absolute atomic E-state index is 0.118. The van der Waals surface area contributed by atoms with Crippen molar-refractivity contribution < 1.29 is 19.1 Å². The van der Waals surface area contributed by atoms with Crippen molar-refractivity contribution in [1.82, 2.24) is 0 Å². The molecule has 3 saturated carbocycles. The van der Waals surface area contributed by atoms with Crippen LogP contribution < -0.4 is 0 Å². The summed E-state index contributed by atoms with van der Waals surface area (Å²) in [4.78, 5) is 25.1. The van der Waals surface area contributed by atoms with Crippen LogP contribution in [0.15, 0.2) is 36.5 Å². The number of Topliss-reactive ketones (excluding diaryl/α,β-unsaturated/α-hetero) is 1. The van der Waals surface area contributed by atoms with Crippen molar-refractivity contribution >= 4 is 23.3 Å². The first-order valence-corrected chi connectivity index (χ1v) is 11.3. The van der Waals surface area contributed by atoms with Gasteiger partial charge in [0.1, 0.15) is 5.78 Å². The molecule has 0 spiro atoms. The fraction of sp³-hybridized carbons (Fsp3) is 0.652. The van der Waals surface area contributed by atoms with Crippen molar-refractivity contribution in [2.24, 2.45) is 22.7 Å². The molecule has 4 rings (SSSR count). The number of ketones is 2. The predicted molar refractivity (Wildman–Crippen MR) is 110 cm³/mol. The van der Waals surface area contributed by atoms with E-state index >= 15 is 4.39 Å². The maximum atomic E-state index is 16.9. The van der Waals surface area contributed by atoms with Crippen molar-refractivity contribution in [3.8, 4) is 0 Å². The Morgan fingerprint density at radius 1 is 1.36 bits per heavy atom. The van der Waals surface area contributed by atoms with Crippen LogP contribution in [0.4, 0.5) is 4.39 Å². The van der Waals surface area contributed by atoms with Gasteiger partial charge in [-0.05, 0) is 62.3 Å². The predicted octanol–water partition coefficient (Wildman–Crippen LogP) is 4.21. The Labute approximate surface area is 170 Å². The minimum Gasteiger partial charge on any atom is -0.390 e. The van der Waals surface area contributed by atoms with Gasteiger partial charge in [-0.1, -0.05) is 24.6 Å². The van der Waals surface area contributed by atoms with Crippen molar-refractivity contribution in [2.75, 3.05) is 6.26 Å². The van der Waals surface area contributed by atoms with E-state index in [4.69, 9.17) is 0 Å². The van der Waals surface area contributed by atoms with Gasteiger partial charge in [-0.25, -0.2) is 4.39 Å². The third kappa shape index (κ3) is 2.10. The minimum atomic E-state index is -1.87. The quantitative estimate of drug-likeness (QED) is 0.716. The third-order valence-corrected chi connectivity index (χ3v) is 10.1. The van der Waals surface area contributed by atoms with E-state index in [1.165, 1.54) is 17.8 Å². The Hall–Kier alpha value is -1.20. The number of carbonyl (C=O) groups is 2. The van der Waals surface area contributed by atoms with Gasteiger partial charge in [0.2, 0.25) is 0 Å². The number of fused-ring (bicyclic) bond motifs is 5. The second kappa shape index (κ2) is 6.15. The normalized spacial score (nSPS) is 49.9. The van der Waals surface area contributed by atoms with E-state index in [0.29, 0.717) is 25.7 Å². The van der Waals surface area contributed by atoms with Crippen LogP contribution in [0, 0.1) is 22.7 Å². The highest BCUT2D eigenvalue weighted by atomic mass is 32.2. The van der Waals surface area contributed by atoms with Gasteiger partial charge in [0.15, 0.2) is 11.5 Å². The molecule has 0 aromatic carbocycles. The van der Waals surface area contributed by atoms with Crippen molar-refractivity contribution in [1.29, 1.82) is 0 Å². The van der Waals surface area contributed by atoms with Crippen molar-refractivity contribution in [3.63, 3.8) is 0 Å². The molecular weight excluding hydrogens is 375 g/mol. The van der Waals surface area contributed by atoms with Gasteiger partial charge in [-0.2, -0.15) is 0 Å². The highest BCUT2D eigenvalue weighted by Crippen LogP contribution is 2.71. The molecule has 5 heteroatoms. The Kier molecular flexibility index (Phi) is 4.41. The SMILES string of the molecule is C=CC[C@@]1(SC)C(=O)C[C@H]2[C@@H]3CCC4=CC(=O)C=C[C@]4(C)C3(F)[C@@H](O)C[C@@]21C. The number of rotatable bonds is 3. The van der Waals surface area contributed by atoms with E-state index in [1.807, 2.05) is 13.2 Å². The maximum Gasteiger partial charge on any atom is 0.178 e. The molecule has 0 radical (unpaired) electrons. The summed E-state index contributed by atoms with van der Waals surface area (Å²) in [6.45, 7) is 7.73. The van der Waals surface area contributed by atoms with Crippen molar-refractivity contribution in [2.45, 2.75) is 62.5 Å². The topological polar surface area (TPSA) is 54.4 Å². The number of aliphatic hydroxyl groups excluding tert-OH is 1. The second-order valence-corrected chi connectivity index (χ2v) is 10.5. The average molecular weight is 405 g/mol. The average Bonchev–Trinajstić information content (AvgIpc) is 2.85. The van der Waals surface area contributed by atoms with Crippen LogP contribution in [-0.2, 0) is 9.59 Å². The molecule has 0 aliphatic heterocycles. The molecule has 0 heterocycles. The Morgan fingerprint density at radius 2 is 2.07 bits per heavy atom. The maximum absolute atomic E-state index is 16.9. The van der Waals surface area contributed by atoms with Crippen LogP contribution >= 0.6 is 11.8 Å². The van der Waals surface area contributed by atoms with E-state index < -0.39 is 33.3 Å². The van der Waals surface area contributed by atoms with Crippen LogP contribution in [0.2, 0.25) is 0 Å². The summed E-state index contributed by atoms with van der Waals surface area (Å²) in [6, 6.07) is 0. The number of thioether (sulfide) groups is 1. The number of allylic oxidation sites excluding steroid dienone is 5. The third-order valence-electron chi connectivity index (χ3n) is 8.59. The molecule has 4 aliphatic carbocycles. The lowest BCUT2D eigenvalue weighted by Gasteiger charge is -2.63. The van der Waals surface area contributed by atoms with Crippen LogP contribution in [0.25, 0.3) is 0 Å². The van der Waals surface area contributed by atoms with Gasteiger partial charge >= 0.3 is 0 Å². The van der Waals surface area contributed by atoms with E-state index in [-0.39, 0.29) is 23.9 Å². The van der Waals surface area contributed by atoms with Crippen LogP contribution in [0.3, 0.4) is 0 Å². The molecule has 1 unspecified atom stereocenters. The van der Waals surface area contributed by atoms with Gasteiger partial charge in [-0.3, -0.25) is 9.59 Å². The number of carbonyl (C=O) groups excluding carboxylic acids is 2. The first kappa shape index (κ1) is 20.1. The molecule has 3 fully saturated rings. The van der Waals surface area contributed by atoms with Gasteiger partial charge in [0, 0.05) is 17.8 Å². The summed E-state index contributed by atoms with van der Waals surface area (Å²) >= 11 is 1.54. The summed E-state index contributed by atoms with van der Waals surface area (Å²) in [5.41, 5.74) is -2.59. The molecule has 4 aliphatic rings. The largest absolute Gasteiger partial charge is 0.390 e. The number of halogens is 1. The standard InChI is InChI=1S/C23H29FO3S/c1-5-9-22(28-4)18(26)12-17-16-7-6-14-11-15(25)8-10-20(14,2)23(16,24)19(27)13-21(17,22)3/h5,8,10-11,16-17,19,27H,1,6-7,9,12-13H2,2-4H3/t16-,17-,19-,20-,21-,22+,23?/m0/s1. The molecule has 0 aromatic rings. The monoisotopic (exact) mass is 404 g/mol. The molecule has 28 heavy (non-hydrogen) atoms. The zero-order valence-corrected chi connectivity index (χ0v) is 17.7.